The van der Waals surface area contributed by atoms with Crippen molar-refractivity contribution in [3.8, 4) is 0 Å². The SMILES string of the molecule is CCCNC(=O)CCC(=O)NCC(O)c1cc2ccccc2s1. The minimum absolute atomic E-state index is 0.118. The van der Waals surface area contributed by atoms with E-state index in [9.17, 15) is 14.7 Å². The molecule has 1 aromatic carbocycles. The van der Waals surface area contributed by atoms with Gasteiger partial charge in [0.15, 0.2) is 0 Å². The van der Waals surface area contributed by atoms with Gasteiger partial charge in [-0.1, -0.05) is 25.1 Å². The fourth-order valence-electron chi connectivity index (χ4n) is 2.15. The van der Waals surface area contributed by atoms with E-state index in [1.165, 1.54) is 11.3 Å². The molecule has 2 aromatic rings. The summed E-state index contributed by atoms with van der Waals surface area (Å²) in [5.74, 6) is -0.344. The molecular formula is C17H22N2O3S. The predicted molar refractivity (Wildman–Crippen MR) is 92.3 cm³/mol. The molecule has 0 radical (unpaired) electrons. The summed E-state index contributed by atoms with van der Waals surface area (Å²) in [7, 11) is 0. The third kappa shape index (κ3) is 5.33. The molecule has 2 rings (SSSR count). The van der Waals surface area contributed by atoms with Gasteiger partial charge in [-0.2, -0.15) is 0 Å². The highest BCUT2D eigenvalue weighted by molar-refractivity contribution is 7.19. The molecule has 0 fully saturated rings. The van der Waals surface area contributed by atoms with Crippen LogP contribution >= 0.6 is 11.3 Å². The number of rotatable bonds is 8. The van der Waals surface area contributed by atoms with Gasteiger partial charge in [-0.3, -0.25) is 9.59 Å². The van der Waals surface area contributed by atoms with Crippen LogP contribution in [0.3, 0.4) is 0 Å². The fourth-order valence-corrected chi connectivity index (χ4v) is 3.20. The second-order valence-electron chi connectivity index (χ2n) is 5.36. The van der Waals surface area contributed by atoms with E-state index in [1.54, 1.807) is 0 Å². The van der Waals surface area contributed by atoms with Gasteiger partial charge in [-0.15, -0.1) is 11.3 Å². The van der Waals surface area contributed by atoms with E-state index in [-0.39, 0.29) is 31.2 Å². The highest BCUT2D eigenvalue weighted by Crippen LogP contribution is 2.29. The second kappa shape index (κ2) is 8.64. The largest absolute Gasteiger partial charge is 0.386 e. The van der Waals surface area contributed by atoms with Crippen molar-refractivity contribution >= 4 is 33.2 Å². The van der Waals surface area contributed by atoms with Gasteiger partial charge in [0.1, 0.15) is 6.10 Å². The fraction of sp³-hybridized carbons (Fsp3) is 0.412. The Kier molecular flexibility index (Phi) is 6.55. The topological polar surface area (TPSA) is 78.4 Å². The Balaban J connectivity index is 1.76. The van der Waals surface area contributed by atoms with Crippen LogP contribution in [-0.4, -0.2) is 30.0 Å². The third-order valence-corrected chi connectivity index (χ3v) is 4.63. The van der Waals surface area contributed by atoms with Crippen LogP contribution in [0.2, 0.25) is 0 Å². The van der Waals surface area contributed by atoms with Crippen LogP contribution < -0.4 is 10.6 Å². The third-order valence-electron chi connectivity index (χ3n) is 3.42. The zero-order valence-corrected chi connectivity index (χ0v) is 14.0. The van der Waals surface area contributed by atoms with Crippen LogP contribution in [-0.2, 0) is 9.59 Å². The van der Waals surface area contributed by atoms with E-state index in [2.05, 4.69) is 10.6 Å². The Labute approximate surface area is 139 Å². The standard InChI is InChI=1S/C17H22N2O3S/c1-2-9-18-16(21)7-8-17(22)19-11-13(20)15-10-12-5-3-4-6-14(12)23-15/h3-6,10,13,20H,2,7-9,11H2,1H3,(H,18,21)(H,19,22). The first kappa shape index (κ1) is 17.4. The molecule has 0 saturated carbocycles. The number of thiophene rings is 1. The number of benzene rings is 1. The summed E-state index contributed by atoms with van der Waals surface area (Å²) in [6, 6.07) is 9.85. The maximum atomic E-state index is 11.7. The summed E-state index contributed by atoms with van der Waals surface area (Å²) in [4.78, 5) is 24.0. The number of aliphatic hydroxyl groups excluding tert-OH is 1. The van der Waals surface area contributed by atoms with Crippen LogP contribution in [0.5, 0.6) is 0 Å². The molecule has 23 heavy (non-hydrogen) atoms. The molecule has 0 aliphatic carbocycles. The molecule has 1 atom stereocenters. The Morgan fingerprint density at radius 3 is 2.57 bits per heavy atom. The molecule has 124 valence electrons. The average Bonchev–Trinajstić information content (AvgIpc) is 3.00. The molecule has 0 saturated heterocycles. The number of nitrogens with one attached hydrogen (secondary N) is 2. The van der Waals surface area contributed by atoms with E-state index in [0.717, 1.165) is 21.4 Å². The summed E-state index contributed by atoms with van der Waals surface area (Å²) in [5, 5.41) is 16.7. The van der Waals surface area contributed by atoms with Crippen molar-refractivity contribution < 1.29 is 14.7 Å². The lowest BCUT2D eigenvalue weighted by molar-refractivity contribution is -0.126. The van der Waals surface area contributed by atoms with Crippen LogP contribution in [0, 0.1) is 0 Å². The van der Waals surface area contributed by atoms with Crippen molar-refractivity contribution in [1.82, 2.24) is 10.6 Å². The van der Waals surface area contributed by atoms with Crippen molar-refractivity contribution in [3.63, 3.8) is 0 Å². The number of hydrogen-bond donors (Lipinski definition) is 3. The zero-order valence-electron chi connectivity index (χ0n) is 13.2. The quantitative estimate of drug-likeness (QED) is 0.693. The van der Waals surface area contributed by atoms with Gasteiger partial charge in [-0.05, 0) is 23.9 Å². The van der Waals surface area contributed by atoms with Gasteiger partial charge in [0.25, 0.3) is 0 Å². The maximum absolute atomic E-state index is 11.7. The lowest BCUT2D eigenvalue weighted by Crippen LogP contribution is -2.30. The molecule has 2 amide bonds. The summed E-state index contributed by atoms with van der Waals surface area (Å²) < 4.78 is 1.11. The van der Waals surface area contributed by atoms with Crippen molar-refractivity contribution in [2.45, 2.75) is 32.3 Å². The summed E-state index contributed by atoms with van der Waals surface area (Å²) in [5.41, 5.74) is 0. The van der Waals surface area contributed by atoms with E-state index >= 15 is 0 Å². The molecule has 3 N–H and O–H groups in total. The van der Waals surface area contributed by atoms with E-state index in [0.29, 0.717) is 6.54 Å². The van der Waals surface area contributed by atoms with Crippen LogP contribution in [0.25, 0.3) is 10.1 Å². The molecule has 0 bridgehead atoms. The van der Waals surface area contributed by atoms with E-state index in [1.807, 2.05) is 37.3 Å². The number of hydrogen-bond acceptors (Lipinski definition) is 4. The highest BCUT2D eigenvalue weighted by Gasteiger charge is 2.13. The molecule has 5 nitrogen and oxygen atoms in total. The highest BCUT2D eigenvalue weighted by atomic mass is 32.1. The Hall–Kier alpha value is -1.92. The zero-order chi connectivity index (χ0) is 16.7. The predicted octanol–water partition coefficient (Wildman–Crippen LogP) is 2.36. The Morgan fingerprint density at radius 1 is 1.17 bits per heavy atom. The molecular weight excluding hydrogens is 312 g/mol. The first-order valence-electron chi connectivity index (χ1n) is 7.80. The van der Waals surface area contributed by atoms with E-state index in [4.69, 9.17) is 0 Å². The summed E-state index contributed by atoms with van der Waals surface area (Å²) in [6.07, 6.45) is 0.448. The number of carbonyl (C=O) groups excluding carboxylic acids is 2. The first-order valence-corrected chi connectivity index (χ1v) is 8.61. The van der Waals surface area contributed by atoms with Gasteiger partial charge in [0.05, 0.1) is 0 Å². The van der Waals surface area contributed by atoms with Crippen molar-refractivity contribution in [2.24, 2.45) is 0 Å². The molecule has 6 heteroatoms. The number of carbonyl (C=O) groups is 2. The molecule has 0 aliphatic rings. The summed E-state index contributed by atoms with van der Waals surface area (Å²) >= 11 is 1.52. The first-order chi connectivity index (χ1) is 11.1. The van der Waals surface area contributed by atoms with Gasteiger partial charge in [0, 0.05) is 35.5 Å². The van der Waals surface area contributed by atoms with Gasteiger partial charge in [-0.25, -0.2) is 0 Å². The number of amides is 2. The lowest BCUT2D eigenvalue weighted by Gasteiger charge is -2.10. The van der Waals surface area contributed by atoms with Crippen LogP contribution in [0.4, 0.5) is 0 Å². The molecule has 0 aliphatic heterocycles. The van der Waals surface area contributed by atoms with Crippen LogP contribution in [0.15, 0.2) is 30.3 Å². The molecule has 1 heterocycles. The number of aliphatic hydroxyl groups is 1. The lowest BCUT2D eigenvalue weighted by atomic mass is 10.2. The van der Waals surface area contributed by atoms with Crippen molar-refractivity contribution in [1.29, 1.82) is 0 Å². The van der Waals surface area contributed by atoms with Crippen molar-refractivity contribution in [2.75, 3.05) is 13.1 Å². The van der Waals surface area contributed by atoms with Gasteiger partial charge < -0.3 is 15.7 Å². The summed E-state index contributed by atoms with van der Waals surface area (Å²) in [6.45, 7) is 2.76. The molecule has 1 unspecified atom stereocenters. The second-order valence-corrected chi connectivity index (χ2v) is 6.47. The smallest absolute Gasteiger partial charge is 0.220 e. The van der Waals surface area contributed by atoms with E-state index < -0.39 is 6.10 Å². The van der Waals surface area contributed by atoms with Gasteiger partial charge in [0.2, 0.25) is 11.8 Å². The van der Waals surface area contributed by atoms with Crippen molar-refractivity contribution in [3.05, 3.63) is 35.2 Å². The minimum atomic E-state index is -0.731. The van der Waals surface area contributed by atoms with Gasteiger partial charge >= 0.3 is 0 Å². The maximum Gasteiger partial charge on any atom is 0.220 e. The molecule has 0 spiro atoms. The van der Waals surface area contributed by atoms with Crippen LogP contribution in [0.1, 0.15) is 37.2 Å². The Morgan fingerprint density at radius 2 is 1.87 bits per heavy atom. The number of fused-ring (bicyclic) bond motifs is 1. The molecule has 1 aromatic heterocycles. The Bertz CT molecular complexity index is 636. The normalized spacial score (nSPS) is 12.1. The average molecular weight is 334 g/mol. The monoisotopic (exact) mass is 334 g/mol. The minimum Gasteiger partial charge on any atom is -0.386 e.